The normalized spacial score (nSPS) is 15.5. The second-order valence-electron chi connectivity index (χ2n) is 4.11. The molecule has 0 aromatic carbocycles. The summed E-state index contributed by atoms with van der Waals surface area (Å²) in [4.78, 5) is 10.8. The van der Waals surface area contributed by atoms with Crippen LogP contribution >= 0.6 is 0 Å². The number of carbonyl (C=O) groups is 1. The van der Waals surface area contributed by atoms with Crippen LogP contribution in [-0.2, 0) is 6.54 Å². The van der Waals surface area contributed by atoms with E-state index in [0.717, 1.165) is 25.1 Å². The van der Waals surface area contributed by atoms with E-state index in [0.29, 0.717) is 5.92 Å². The van der Waals surface area contributed by atoms with Crippen molar-refractivity contribution in [3.05, 3.63) is 17.5 Å². The van der Waals surface area contributed by atoms with Crippen molar-refractivity contribution in [1.82, 2.24) is 9.78 Å². The number of aromatic carboxylic acids is 1. The number of unbranched alkanes of at least 4 members (excludes halogenated alkanes) is 1. The highest BCUT2D eigenvalue weighted by Gasteiger charge is 2.28. The molecule has 0 atom stereocenters. The fraction of sp³-hybridized carbons (Fsp3) is 0.636. The van der Waals surface area contributed by atoms with Gasteiger partial charge in [-0.15, -0.1) is 0 Å². The van der Waals surface area contributed by atoms with Crippen molar-refractivity contribution in [3.8, 4) is 0 Å². The first-order valence-electron chi connectivity index (χ1n) is 5.53. The molecule has 82 valence electrons. The van der Waals surface area contributed by atoms with Crippen molar-refractivity contribution in [2.45, 2.75) is 45.1 Å². The van der Waals surface area contributed by atoms with Gasteiger partial charge >= 0.3 is 5.97 Å². The molecular weight excluding hydrogens is 192 g/mol. The third-order valence-corrected chi connectivity index (χ3v) is 2.75. The van der Waals surface area contributed by atoms with Gasteiger partial charge in [-0.1, -0.05) is 13.3 Å². The number of hydrogen-bond acceptors (Lipinski definition) is 2. The van der Waals surface area contributed by atoms with E-state index < -0.39 is 5.97 Å². The Morgan fingerprint density at radius 1 is 1.67 bits per heavy atom. The smallest absolute Gasteiger partial charge is 0.356 e. The Morgan fingerprint density at radius 2 is 2.40 bits per heavy atom. The van der Waals surface area contributed by atoms with Crippen LogP contribution in [0.25, 0.3) is 0 Å². The lowest BCUT2D eigenvalue weighted by Crippen LogP contribution is -2.05. The predicted octanol–water partition coefficient (Wildman–Crippen LogP) is 2.26. The highest BCUT2D eigenvalue weighted by atomic mass is 16.4. The van der Waals surface area contributed by atoms with E-state index in [1.807, 2.05) is 4.68 Å². The van der Waals surface area contributed by atoms with Gasteiger partial charge in [0.25, 0.3) is 0 Å². The van der Waals surface area contributed by atoms with Gasteiger partial charge in [0.2, 0.25) is 0 Å². The molecule has 0 amide bonds. The van der Waals surface area contributed by atoms with Gasteiger partial charge < -0.3 is 5.11 Å². The van der Waals surface area contributed by atoms with Gasteiger partial charge in [-0.25, -0.2) is 4.79 Å². The molecule has 1 N–H and O–H groups in total. The summed E-state index contributed by atoms with van der Waals surface area (Å²) in [6.45, 7) is 2.97. The maximum absolute atomic E-state index is 10.8. The van der Waals surface area contributed by atoms with Crippen molar-refractivity contribution < 1.29 is 9.90 Å². The third kappa shape index (κ3) is 2.19. The summed E-state index contributed by atoms with van der Waals surface area (Å²) in [5, 5.41) is 13.0. The summed E-state index contributed by atoms with van der Waals surface area (Å²) in [6.07, 6.45) is 4.51. The van der Waals surface area contributed by atoms with Crippen LogP contribution in [0.5, 0.6) is 0 Å². The van der Waals surface area contributed by atoms with Crippen molar-refractivity contribution in [3.63, 3.8) is 0 Å². The zero-order valence-electron chi connectivity index (χ0n) is 8.94. The molecule has 4 heteroatoms. The Balaban J connectivity index is 2.20. The summed E-state index contributed by atoms with van der Waals surface area (Å²) >= 11 is 0. The van der Waals surface area contributed by atoms with Gasteiger partial charge in [0.15, 0.2) is 5.69 Å². The van der Waals surface area contributed by atoms with E-state index in [9.17, 15) is 4.79 Å². The molecule has 0 unspecified atom stereocenters. The predicted molar refractivity (Wildman–Crippen MR) is 56.1 cm³/mol. The van der Waals surface area contributed by atoms with Crippen LogP contribution in [0, 0.1) is 0 Å². The molecule has 15 heavy (non-hydrogen) atoms. The van der Waals surface area contributed by atoms with E-state index in [2.05, 4.69) is 12.0 Å². The summed E-state index contributed by atoms with van der Waals surface area (Å²) < 4.78 is 1.88. The van der Waals surface area contributed by atoms with Crippen LogP contribution in [0.1, 0.15) is 54.7 Å². The van der Waals surface area contributed by atoms with Gasteiger partial charge in [-0.2, -0.15) is 5.10 Å². The van der Waals surface area contributed by atoms with Gasteiger partial charge in [0.05, 0.1) is 0 Å². The molecule has 1 heterocycles. The van der Waals surface area contributed by atoms with Crippen LogP contribution in [-0.4, -0.2) is 20.9 Å². The molecule has 1 aromatic heterocycles. The van der Waals surface area contributed by atoms with Crippen molar-refractivity contribution in [2.24, 2.45) is 0 Å². The molecule has 1 aliphatic rings. The summed E-state index contributed by atoms with van der Waals surface area (Å²) in [5.41, 5.74) is 1.30. The SMILES string of the molecule is CCCCn1nc(C(=O)O)cc1C1CC1. The molecule has 0 spiro atoms. The number of carboxylic acid groups (broad SMARTS) is 1. The zero-order valence-corrected chi connectivity index (χ0v) is 8.94. The highest BCUT2D eigenvalue weighted by Crippen LogP contribution is 2.40. The molecule has 4 nitrogen and oxygen atoms in total. The first kappa shape index (κ1) is 10.2. The number of rotatable bonds is 5. The molecule has 1 fully saturated rings. The quantitative estimate of drug-likeness (QED) is 0.807. The second kappa shape index (κ2) is 4.04. The third-order valence-electron chi connectivity index (χ3n) is 2.75. The molecule has 0 aliphatic heterocycles. The Labute approximate surface area is 88.9 Å². The molecule has 1 aromatic rings. The van der Waals surface area contributed by atoms with Crippen LogP contribution in [0.4, 0.5) is 0 Å². The topological polar surface area (TPSA) is 55.1 Å². The first-order valence-corrected chi connectivity index (χ1v) is 5.53. The molecule has 0 bridgehead atoms. The molecule has 1 saturated carbocycles. The van der Waals surface area contributed by atoms with E-state index in [4.69, 9.17) is 5.11 Å². The monoisotopic (exact) mass is 208 g/mol. The van der Waals surface area contributed by atoms with E-state index in [1.165, 1.54) is 12.8 Å². The number of aryl methyl sites for hydroxylation is 1. The standard InChI is InChI=1S/C11H16N2O2/c1-2-3-6-13-10(8-4-5-8)7-9(12-13)11(14)15/h7-8H,2-6H2,1H3,(H,14,15). The second-order valence-corrected chi connectivity index (χ2v) is 4.11. The molecule has 2 rings (SSSR count). The summed E-state index contributed by atoms with van der Waals surface area (Å²) in [7, 11) is 0. The van der Waals surface area contributed by atoms with Gasteiger partial charge in [-0.05, 0) is 25.3 Å². The fourth-order valence-electron chi connectivity index (χ4n) is 1.73. The minimum Gasteiger partial charge on any atom is -0.476 e. The lowest BCUT2D eigenvalue weighted by atomic mass is 10.2. The van der Waals surface area contributed by atoms with Crippen LogP contribution in [0.3, 0.4) is 0 Å². The van der Waals surface area contributed by atoms with Crippen LogP contribution in [0.15, 0.2) is 6.07 Å². The van der Waals surface area contributed by atoms with Gasteiger partial charge in [0.1, 0.15) is 0 Å². The van der Waals surface area contributed by atoms with Crippen LogP contribution in [0.2, 0.25) is 0 Å². The Morgan fingerprint density at radius 3 is 2.93 bits per heavy atom. The first-order chi connectivity index (χ1) is 7.22. The minimum atomic E-state index is -0.924. The van der Waals surface area contributed by atoms with E-state index in [-0.39, 0.29) is 5.69 Å². The molecule has 0 saturated heterocycles. The number of aromatic nitrogens is 2. The van der Waals surface area contributed by atoms with Crippen molar-refractivity contribution in [1.29, 1.82) is 0 Å². The Hall–Kier alpha value is -1.32. The van der Waals surface area contributed by atoms with Gasteiger partial charge in [0, 0.05) is 18.2 Å². The maximum atomic E-state index is 10.8. The lowest BCUT2D eigenvalue weighted by molar-refractivity contribution is 0.0689. The number of hydrogen-bond donors (Lipinski definition) is 1. The molecular formula is C11H16N2O2. The fourth-order valence-corrected chi connectivity index (χ4v) is 1.73. The zero-order chi connectivity index (χ0) is 10.8. The highest BCUT2D eigenvalue weighted by molar-refractivity contribution is 5.85. The van der Waals surface area contributed by atoms with E-state index >= 15 is 0 Å². The van der Waals surface area contributed by atoms with Gasteiger partial charge in [-0.3, -0.25) is 4.68 Å². The largest absolute Gasteiger partial charge is 0.476 e. The average molecular weight is 208 g/mol. The average Bonchev–Trinajstić information content (AvgIpc) is 2.95. The Bertz CT molecular complexity index is 367. The summed E-state index contributed by atoms with van der Waals surface area (Å²) in [6, 6.07) is 1.73. The summed E-state index contributed by atoms with van der Waals surface area (Å²) in [5.74, 6) is -0.366. The van der Waals surface area contributed by atoms with E-state index in [1.54, 1.807) is 6.07 Å². The maximum Gasteiger partial charge on any atom is 0.356 e. The lowest BCUT2D eigenvalue weighted by Gasteiger charge is -2.04. The molecule has 0 radical (unpaired) electrons. The number of nitrogens with zero attached hydrogens (tertiary/aromatic N) is 2. The van der Waals surface area contributed by atoms with Crippen LogP contribution < -0.4 is 0 Å². The van der Waals surface area contributed by atoms with Crippen molar-refractivity contribution in [2.75, 3.05) is 0 Å². The van der Waals surface area contributed by atoms with Crippen molar-refractivity contribution >= 4 is 5.97 Å². The number of carboxylic acids is 1. The minimum absolute atomic E-state index is 0.188. The Kier molecular flexibility index (Phi) is 2.75. The molecule has 1 aliphatic carbocycles.